The number of aliphatic carboxylic acids is 2. The third-order valence-corrected chi connectivity index (χ3v) is 5.13. The molecule has 3 amide bonds. The Hall–Kier alpha value is -1.96. The summed E-state index contributed by atoms with van der Waals surface area (Å²) in [6.45, 7) is -0.0446. The molecular formula is C17H28Cl2N4O8S. The van der Waals surface area contributed by atoms with Gasteiger partial charge in [0.1, 0.15) is 25.2 Å². The van der Waals surface area contributed by atoms with Crippen LogP contribution in [-0.4, -0.2) is 107 Å². The Labute approximate surface area is 199 Å². The first-order chi connectivity index (χ1) is 15.1. The van der Waals surface area contributed by atoms with E-state index in [1.165, 1.54) is 16.7 Å². The van der Waals surface area contributed by atoms with Crippen molar-refractivity contribution in [2.45, 2.75) is 24.9 Å². The number of carboxylic acid groups (broad SMARTS) is 2. The first-order valence-corrected chi connectivity index (χ1v) is 11.7. The van der Waals surface area contributed by atoms with Gasteiger partial charge in [0, 0.05) is 42.8 Å². The summed E-state index contributed by atoms with van der Waals surface area (Å²) in [5, 5.41) is 22.0. The highest BCUT2D eigenvalue weighted by Gasteiger charge is 2.22. The number of carbonyl (C=O) groups is 5. The van der Waals surface area contributed by atoms with Crippen molar-refractivity contribution < 1.29 is 38.9 Å². The highest BCUT2D eigenvalue weighted by atomic mass is 35.5. The number of carbonyl (C=O) groups excluding carboxylic acids is 3. The average Bonchev–Trinajstić information content (AvgIpc) is 2.74. The highest BCUT2D eigenvalue weighted by Crippen LogP contribution is 2.06. The summed E-state index contributed by atoms with van der Waals surface area (Å²) in [6.07, 6.45) is -0.935. The first-order valence-electron chi connectivity index (χ1n) is 9.51. The minimum atomic E-state index is -1.26. The number of nitrogens with zero attached hydrogens (tertiary/aromatic N) is 1. The van der Waals surface area contributed by atoms with E-state index in [2.05, 4.69) is 10.6 Å². The number of nitrogens with two attached hydrogens (primary N) is 1. The summed E-state index contributed by atoms with van der Waals surface area (Å²) in [6, 6.07) is -2.30. The second-order valence-electron chi connectivity index (χ2n) is 6.27. The van der Waals surface area contributed by atoms with Crippen LogP contribution in [0.15, 0.2) is 0 Å². The van der Waals surface area contributed by atoms with Crippen LogP contribution in [0, 0.1) is 0 Å². The van der Waals surface area contributed by atoms with Gasteiger partial charge in [0.2, 0.25) is 11.8 Å². The normalized spacial score (nSPS) is 12.3. The number of halogens is 2. The van der Waals surface area contributed by atoms with Crippen molar-refractivity contribution in [2.75, 3.05) is 49.5 Å². The van der Waals surface area contributed by atoms with E-state index < -0.39 is 48.5 Å². The van der Waals surface area contributed by atoms with Crippen LogP contribution in [0.3, 0.4) is 0 Å². The van der Waals surface area contributed by atoms with Gasteiger partial charge in [-0.3, -0.25) is 19.2 Å². The first kappa shape index (κ1) is 30.0. The standard InChI is InChI=1S/C17H28Cl2N4O8S/c18-3-5-23(6-4-19)17(30)31-7-8-32-10-12(15(27)21-9-14(25)26)22-13(24)2-1-11(20)16(28)29/h11-12H,1-10,20H2,(H,21,27)(H,22,24)(H,25,26)(H,28,29)/t11-,12?/m0/s1. The van der Waals surface area contributed by atoms with E-state index >= 15 is 0 Å². The zero-order chi connectivity index (χ0) is 24.5. The van der Waals surface area contributed by atoms with Crippen molar-refractivity contribution in [1.82, 2.24) is 15.5 Å². The van der Waals surface area contributed by atoms with E-state index in [1.54, 1.807) is 0 Å². The fourth-order valence-electron chi connectivity index (χ4n) is 2.12. The van der Waals surface area contributed by atoms with Crippen molar-refractivity contribution in [3.05, 3.63) is 0 Å². The maximum absolute atomic E-state index is 12.2. The zero-order valence-corrected chi connectivity index (χ0v) is 19.6. The van der Waals surface area contributed by atoms with Gasteiger partial charge in [-0.1, -0.05) is 0 Å². The fourth-order valence-corrected chi connectivity index (χ4v) is 3.37. The maximum Gasteiger partial charge on any atom is 0.409 e. The largest absolute Gasteiger partial charge is 0.480 e. The molecule has 0 saturated heterocycles. The van der Waals surface area contributed by atoms with Crippen LogP contribution in [0.4, 0.5) is 4.79 Å². The number of rotatable bonds is 17. The van der Waals surface area contributed by atoms with E-state index in [9.17, 15) is 24.0 Å². The smallest absolute Gasteiger partial charge is 0.409 e. The predicted molar refractivity (Wildman–Crippen MR) is 119 cm³/mol. The molecule has 0 aromatic heterocycles. The second-order valence-corrected chi connectivity index (χ2v) is 8.18. The summed E-state index contributed by atoms with van der Waals surface area (Å²) in [4.78, 5) is 58.9. The Morgan fingerprint density at radius 3 is 2.25 bits per heavy atom. The average molecular weight is 519 g/mol. The number of hydrogen-bond donors (Lipinski definition) is 5. The molecule has 15 heteroatoms. The number of nitrogens with one attached hydrogen (secondary N) is 2. The van der Waals surface area contributed by atoms with Crippen LogP contribution in [0.1, 0.15) is 12.8 Å². The molecule has 0 heterocycles. The van der Waals surface area contributed by atoms with Crippen LogP contribution in [0.25, 0.3) is 0 Å². The maximum atomic E-state index is 12.2. The molecule has 0 aromatic rings. The van der Waals surface area contributed by atoms with Crippen molar-refractivity contribution in [3.8, 4) is 0 Å². The molecular weight excluding hydrogens is 491 g/mol. The van der Waals surface area contributed by atoms with Crippen molar-refractivity contribution in [1.29, 1.82) is 0 Å². The Morgan fingerprint density at radius 1 is 1.09 bits per heavy atom. The summed E-state index contributed by atoms with van der Waals surface area (Å²) in [5.74, 6) is -3.03. The van der Waals surface area contributed by atoms with Crippen LogP contribution < -0.4 is 16.4 Å². The van der Waals surface area contributed by atoms with E-state index in [4.69, 9.17) is 43.9 Å². The third-order valence-electron chi connectivity index (χ3n) is 3.77. The highest BCUT2D eigenvalue weighted by molar-refractivity contribution is 7.99. The van der Waals surface area contributed by atoms with Gasteiger partial charge in [-0.15, -0.1) is 23.2 Å². The molecule has 0 aliphatic carbocycles. The number of amides is 3. The van der Waals surface area contributed by atoms with E-state index in [1.807, 2.05) is 0 Å². The molecule has 0 bridgehead atoms. The summed E-state index contributed by atoms with van der Waals surface area (Å²) in [7, 11) is 0. The van der Waals surface area contributed by atoms with Gasteiger partial charge in [-0.05, 0) is 6.42 Å². The minimum absolute atomic E-state index is 0.0233. The number of thioether (sulfide) groups is 1. The lowest BCUT2D eigenvalue weighted by Crippen LogP contribution is -2.49. The SMILES string of the molecule is N[C@@H](CCC(=O)NC(CSCCOC(=O)N(CCCl)CCCl)C(=O)NCC(=O)O)C(=O)O. The Bertz CT molecular complexity index is 638. The van der Waals surface area contributed by atoms with Gasteiger partial charge in [0.25, 0.3) is 0 Å². The lowest BCUT2D eigenvalue weighted by atomic mass is 10.1. The molecule has 2 atom stereocenters. The quantitative estimate of drug-likeness (QED) is 0.124. The summed E-state index contributed by atoms with van der Waals surface area (Å²) in [5.41, 5.74) is 5.35. The third kappa shape index (κ3) is 14.2. The summed E-state index contributed by atoms with van der Waals surface area (Å²) >= 11 is 12.4. The second kappa shape index (κ2) is 17.6. The molecule has 12 nitrogen and oxygen atoms in total. The Morgan fingerprint density at radius 2 is 1.72 bits per heavy atom. The van der Waals surface area contributed by atoms with Crippen molar-refractivity contribution >= 4 is 64.8 Å². The monoisotopic (exact) mass is 518 g/mol. The molecule has 184 valence electrons. The van der Waals surface area contributed by atoms with Crippen LogP contribution in [-0.2, 0) is 23.9 Å². The van der Waals surface area contributed by atoms with E-state index in [0.717, 1.165) is 0 Å². The van der Waals surface area contributed by atoms with Crippen molar-refractivity contribution in [3.63, 3.8) is 0 Å². The molecule has 0 rings (SSSR count). The van der Waals surface area contributed by atoms with Gasteiger partial charge in [0.05, 0.1) is 0 Å². The topological polar surface area (TPSA) is 188 Å². The number of alkyl halides is 2. The predicted octanol–water partition coefficient (Wildman–Crippen LogP) is -0.486. The molecule has 6 N–H and O–H groups in total. The minimum Gasteiger partial charge on any atom is -0.480 e. The van der Waals surface area contributed by atoms with E-state index in [0.29, 0.717) is 5.75 Å². The van der Waals surface area contributed by atoms with Crippen LogP contribution in [0.5, 0.6) is 0 Å². The molecule has 0 aromatic carbocycles. The van der Waals surface area contributed by atoms with Gasteiger partial charge in [-0.25, -0.2) is 4.79 Å². The lowest BCUT2D eigenvalue weighted by Gasteiger charge is -2.20. The van der Waals surface area contributed by atoms with E-state index in [-0.39, 0.29) is 50.1 Å². The number of hydrogen-bond acceptors (Lipinski definition) is 8. The molecule has 0 spiro atoms. The fraction of sp³-hybridized carbons (Fsp3) is 0.706. The zero-order valence-electron chi connectivity index (χ0n) is 17.3. The lowest BCUT2D eigenvalue weighted by molar-refractivity contribution is -0.139. The van der Waals surface area contributed by atoms with Gasteiger partial charge in [-0.2, -0.15) is 11.8 Å². The summed E-state index contributed by atoms with van der Waals surface area (Å²) < 4.78 is 5.11. The molecule has 32 heavy (non-hydrogen) atoms. The molecule has 0 aliphatic rings. The number of ether oxygens (including phenoxy) is 1. The van der Waals surface area contributed by atoms with Gasteiger partial charge in [0.15, 0.2) is 0 Å². The van der Waals surface area contributed by atoms with Crippen LogP contribution in [0.2, 0.25) is 0 Å². The molecule has 0 saturated carbocycles. The number of carboxylic acids is 2. The molecule has 0 aliphatic heterocycles. The molecule has 0 fully saturated rings. The van der Waals surface area contributed by atoms with Crippen LogP contribution >= 0.6 is 35.0 Å². The van der Waals surface area contributed by atoms with Gasteiger partial charge < -0.3 is 36.2 Å². The van der Waals surface area contributed by atoms with Crippen molar-refractivity contribution in [2.24, 2.45) is 5.73 Å². The molecule has 1 unspecified atom stereocenters. The Balaban J connectivity index is 4.61. The van der Waals surface area contributed by atoms with Gasteiger partial charge >= 0.3 is 18.0 Å². The molecule has 0 radical (unpaired) electrons. The Kier molecular flexibility index (Phi) is 16.5.